The Bertz CT molecular complexity index is 1320. The minimum absolute atomic E-state index is 0.0207. The van der Waals surface area contributed by atoms with Gasteiger partial charge in [0.15, 0.2) is 5.82 Å². The molecule has 2 aromatic heterocycles. The summed E-state index contributed by atoms with van der Waals surface area (Å²) in [5, 5.41) is 7.35. The molecule has 0 atom stereocenters. The number of H-pyrrole nitrogens is 1. The SMILES string of the molecule is O=C1c2ccccc2C(=O)N1c1n[nH]c2ccn(-c3ccccc3Cl)c(=O)c12. The van der Waals surface area contributed by atoms with Gasteiger partial charge in [0.2, 0.25) is 0 Å². The predicted molar refractivity (Wildman–Crippen MR) is 104 cm³/mol. The van der Waals surface area contributed by atoms with E-state index in [0.29, 0.717) is 16.2 Å². The Hall–Kier alpha value is -3.71. The molecule has 1 aliphatic rings. The van der Waals surface area contributed by atoms with Crippen LogP contribution in [0.25, 0.3) is 16.6 Å². The van der Waals surface area contributed by atoms with Crippen molar-refractivity contribution < 1.29 is 9.59 Å². The number of hydrogen-bond donors (Lipinski definition) is 1. The van der Waals surface area contributed by atoms with Crippen LogP contribution < -0.4 is 10.5 Å². The average molecular weight is 391 g/mol. The number of pyridine rings is 1. The van der Waals surface area contributed by atoms with Gasteiger partial charge in [0.05, 0.1) is 27.4 Å². The fourth-order valence-electron chi connectivity index (χ4n) is 3.39. The van der Waals surface area contributed by atoms with Gasteiger partial charge in [-0.15, -0.1) is 0 Å². The highest BCUT2D eigenvalue weighted by Crippen LogP contribution is 2.30. The second-order valence-corrected chi connectivity index (χ2v) is 6.68. The monoisotopic (exact) mass is 390 g/mol. The largest absolute Gasteiger partial charge is 0.282 e. The smallest absolute Gasteiger partial charge is 0.268 e. The van der Waals surface area contributed by atoms with Crippen LogP contribution in [0.1, 0.15) is 20.7 Å². The van der Waals surface area contributed by atoms with Gasteiger partial charge in [-0.3, -0.25) is 24.0 Å². The number of hydrogen-bond acceptors (Lipinski definition) is 4. The molecule has 28 heavy (non-hydrogen) atoms. The van der Waals surface area contributed by atoms with Gasteiger partial charge < -0.3 is 0 Å². The van der Waals surface area contributed by atoms with Crippen LogP contribution in [0.3, 0.4) is 0 Å². The zero-order valence-corrected chi connectivity index (χ0v) is 15.0. The van der Waals surface area contributed by atoms with Gasteiger partial charge in [0, 0.05) is 6.20 Å². The van der Waals surface area contributed by atoms with E-state index in [9.17, 15) is 14.4 Å². The van der Waals surface area contributed by atoms with Crippen LogP contribution in [0, 0.1) is 0 Å². The molecule has 4 aromatic rings. The summed E-state index contributed by atoms with van der Waals surface area (Å²) >= 11 is 6.23. The minimum atomic E-state index is -0.512. The molecule has 7 nitrogen and oxygen atoms in total. The summed E-state index contributed by atoms with van der Waals surface area (Å²) in [5.74, 6) is -1.05. The third-order valence-electron chi connectivity index (χ3n) is 4.72. The molecular formula is C20H11ClN4O3. The first kappa shape index (κ1) is 16.5. The van der Waals surface area contributed by atoms with E-state index in [-0.39, 0.29) is 22.3 Å². The molecule has 0 unspecified atom stereocenters. The van der Waals surface area contributed by atoms with Gasteiger partial charge in [0.25, 0.3) is 17.4 Å². The van der Waals surface area contributed by atoms with E-state index < -0.39 is 17.4 Å². The van der Waals surface area contributed by atoms with E-state index in [1.165, 1.54) is 4.57 Å². The highest BCUT2D eigenvalue weighted by atomic mass is 35.5. The number of nitrogens with zero attached hydrogens (tertiary/aromatic N) is 3. The molecule has 0 radical (unpaired) electrons. The van der Waals surface area contributed by atoms with Crippen LogP contribution in [0.2, 0.25) is 5.02 Å². The van der Waals surface area contributed by atoms with Crippen molar-refractivity contribution in [2.45, 2.75) is 0 Å². The molecule has 1 N–H and O–H groups in total. The number of aromatic nitrogens is 3. The maximum Gasteiger partial charge on any atom is 0.268 e. The van der Waals surface area contributed by atoms with Crippen molar-refractivity contribution in [2.75, 3.05) is 4.90 Å². The molecule has 2 aromatic carbocycles. The van der Waals surface area contributed by atoms with Crippen molar-refractivity contribution in [2.24, 2.45) is 0 Å². The number of rotatable bonds is 2. The molecule has 0 aliphatic carbocycles. The van der Waals surface area contributed by atoms with E-state index >= 15 is 0 Å². The lowest BCUT2D eigenvalue weighted by Gasteiger charge is -2.12. The molecule has 0 saturated heterocycles. The van der Waals surface area contributed by atoms with E-state index in [0.717, 1.165) is 4.90 Å². The molecule has 8 heteroatoms. The Balaban J connectivity index is 1.74. The van der Waals surface area contributed by atoms with Gasteiger partial charge in [-0.25, -0.2) is 4.90 Å². The zero-order chi connectivity index (χ0) is 19.4. The van der Waals surface area contributed by atoms with Crippen LogP contribution >= 0.6 is 11.6 Å². The fourth-order valence-corrected chi connectivity index (χ4v) is 3.62. The van der Waals surface area contributed by atoms with Crippen molar-refractivity contribution in [3.8, 4) is 5.69 Å². The molecular weight excluding hydrogens is 380 g/mol. The first-order chi connectivity index (χ1) is 13.6. The number of anilines is 1. The molecule has 3 heterocycles. The van der Waals surface area contributed by atoms with E-state index in [4.69, 9.17) is 11.6 Å². The van der Waals surface area contributed by atoms with Gasteiger partial charge in [-0.1, -0.05) is 35.9 Å². The lowest BCUT2D eigenvalue weighted by atomic mass is 10.1. The minimum Gasteiger partial charge on any atom is -0.282 e. The summed E-state index contributed by atoms with van der Waals surface area (Å²) in [5.41, 5.74) is 1.04. The van der Waals surface area contributed by atoms with Crippen LogP contribution in [-0.4, -0.2) is 26.6 Å². The normalized spacial score (nSPS) is 13.4. The second-order valence-electron chi connectivity index (χ2n) is 6.27. The first-order valence-corrected chi connectivity index (χ1v) is 8.78. The van der Waals surface area contributed by atoms with Crippen LogP contribution in [-0.2, 0) is 0 Å². The molecule has 0 bridgehead atoms. The third-order valence-corrected chi connectivity index (χ3v) is 5.04. The number of carbonyl (C=O) groups excluding carboxylic acids is 2. The van der Waals surface area contributed by atoms with Gasteiger partial charge in [-0.05, 0) is 30.3 Å². The molecule has 0 spiro atoms. The average Bonchev–Trinajstić information content (AvgIpc) is 3.23. The Labute approximate surface area is 162 Å². The number of imide groups is 1. The summed E-state index contributed by atoms with van der Waals surface area (Å²) < 4.78 is 1.36. The number of carbonyl (C=O) groups is 2. The molecule has 5 rings (SSSR count). The summed E-state index contributed by atoms with van der Waals surface area (Å²) in [6.45, 7) is 0. The highest BCUT2D eigenvalue weighted by molar-refractivity contribution is 6.35. The number of nitrogens with one attached hydrogen (secondary N) is 1. The standard InChI is InChI=1S/C20H11ClN4O3/c21-13-7-3-4-8-15(13)24-10-9-14-16(20(24)28)17(23-22-14)25-18(26)11-5-1-2-6-12(11)19(25)27/h1-10H,(H,22,23). The number of benzene rings is 2. The number of para-hydroxylation sites is 1. The van der Waals surface area contributed by atoms with E-state index in [1.54, 1.807) is 60.8 Å². The van der Waals surface area contributed by atoms with Crippen molar-refractivity contribution in [3.63, 3.8) is 0 Å². The van der Waals surface area contributed by atoms with Gasteiger partial charge in [-0.2, -0.15) is 5.10 Å². The number of halogens is 1. The second kappa shape index (κ2) is 5.90. The molecule has 0 fully saturated rings. The van der Waals surface area contributed by atoms with Crippen molar-refractivity contribution >= 4 is 40.1 Å². The first-order valence-electron chi connectivity index (χ1n) is 8.40. The lowest BCUT2D eigenvalue weighted by Crippen LogP contribution is -2.31. The maximum atomic E-state index is 13.2. The van der Waals surface area contributed by atoms with Crippen LogP contribution in [0.5, 0.6) is 0 Å². The molecule has 0 saturated carbocycles. The van der Waals surface area contributed by atoms with Crippen LogP contribution in [0.15, 0.2) is 65.6 Å². The van der Waals surface area contributed by atoms with Crippen molar-refractivity contribution in [1.29, 1.82) is 0 Å². The number of aromatic amines is 1. The zero-order valence-electron chi connectivity index (χ0n) is 14.2. The topological polar surface area (TPSA) is 88.1 Å². The van der Waals surface area contributed by atoms with E-state index in [2.05, 4.69) is 10.2 Å². The highest BCUT2D eigenvalue weighted by Gasteiger charge is 2.39. The summed E-state index contributed by atoms with van der Waals surface area (Å²) in [7, 11) is 0. The maximum absolute atomic E-state index is 13.2. The van der Waals surface area contributed by atoms with Crippen LogP contribution in [0.4, 0.5) is 5.82 Å². The quantitative estimate of drug-likeness (QED) is 0.532. The van der Waals surface area contributed by atoms with Gasteiger partial charge in [0.1, 0.15) is 5.39 Å². The molecule has 1 aliphatic heterocycles. The summed E-state index contributed by atoms with van der Waals surface area (Å²) in [4.78, 5) is 39.7. The molecule has 2 amide bonds. The van der Waals surface area contributed by atoms with Crippen molar-refractivity contribution in [3.05, 3.63) is 87.3 Å². The Morgan fingerprint density at radius 2 is 1.50 bits per heavy atom. The number of amides is 2. The fraction of sp³-hybridized carbons (Fsp3) is 0. The Morgan fingerprint density at radius 1 is 0.857 bits per heavy atom. The summed E-state index contributed by atoms with van der Waals surface area (Å²) in [6, 6.07) is 15.1. The third kappa shape index (κ3) is 2.17. The van der Waals surface area contributed by atoms with Crippen molar-refractivity contribution in [1.82, 2.24) is 14.8 Å². The Morgan fingerprint density at radius 3 is 2.18 bits per heavy atom. The molecule has 136 valence electrons. The van der Waals surface area contributed by atoms with Gasteiger partial charge >= 0.3 is 0 Å². The summed E-state index contributed by atoms with van der Waals surface area (Å²) in [6.07, 6.45) is 1.57. The predicted octanol–water partition coefficient (Wildman–Crippen LogP) is 3.17. The van der Waals surface area contributed by atoms with E-state index in [1.807, 2.05) is 0 Å². The Kier molecular flexibility index (Phi) is 3.47. The lowest BCUT2D eigenvalue weighted by molar-refractivity contribution is 0.0925. The number of fused-ring (bicyclic) bond motifs is 2.